The Balaban J connectivity index is 2.28. The van der Waals surface area contributed by atoms with E-state index in [1.165, 1.54) is 0 Å². The van der Waals surface area contributed by atoms with Crippen LogP contribution in [-0.2, 0) is 12.8 Å². The minimum Gasteiger partial charge on any atom is -0.508 e. The summed E-state index contributed by atoms with van der Waals surface area (Å²) in [5, 5.41) is 19.3. The molecule has 0 aliphatic heterocycles. The van der Waals surface area contributed by atoms with Gasteiger partial charge in [-0.2, -0.15) is 0 Å². The van der Waals surface area contributed by atoms with Crippen LogP contribution in [0.5, 0.6) is 11.5 Å². The van der Waals surface area contributed by atoms with Gasteiger partial charge in [-0.1, -0.05) is 37.3 Å². The van der Waals surface area contributed by atoms with Crippen molar-refractivity contribution in [3.8, 4) is 11.5 Å². The smallest absolute Gasteiger partial charge is 0.119 e. The van der Waals surface area contributed by atoms with Gasteiger partial charge < -0.3 is 10.2 Å². The molecule has 88 valence electrons. The van der Waals surface area contributed by atoms with Crippen LogP contribution in [0.15, 0.2) is 42.5 Å². The van der Waals surface area contributed by atoms with E-state index in [9.17, 15) is 10.2 Å². The Bertz CT molecular complexity index is 518. The SMILES string of the molecule is CCc1cc(Cc2ccccc2O)ccc1O. The highest BCUT2D eigenvalue weighted by atomic mass is 16.3. The van der Waals surface area contributed by atoms with Gasteiger partial charge >= 0.3 is 0 Å². The predicted molar refractivity (Wildman–Crippen MR) is 68.4 cm³/mol. The number of para-hydroxylation sites is 1. The quantitative estimate of drug-likeness (QED) is 0.846. The number of benzene rings is 2. The van der Waals surface area contributed by atoms with Crippen molar-refractivity contribution in [2.45, 2.75) is 19.8 Å². The first-order chi connectivity index (χ1) is 8.20. The van der Waals surface area contributed by atoms with Gasteiger partial charge in [0.25, 0.3) is 0 Å². The fourth-order valence-corrected chi connectivity index (χ4v) is 1.91. The van der Waals surface area contributed by atoms with E-state index in [4.69, 9.17) is 0 Å². The van der Waals surface area contributed by atoms with Gasteiger partial charge in [-0.05, 0) is 35.2 Å². The Labute approximate surface area is 101 Å². The minimum absolute atomic E-state index is 0.318. The second kappa shape index (κ2) is 4.91. The van der Waals surface area contributed by atoms with Crippen LogP contribution >= 0.6 is 0 Å². The number of phenolic OH excluding ortho intramolecular Hbond substituents is 2. The van der Waals surface area contributed by atoms with Crippen molar-refractivity contribution in [1.29, 1.82) is 0 Å². The second-order valence-corrected chi connectivity index (χ2v) is 4.12. The predicted octanol–water partition coefficient (Wildman–Crippen LogP) is 3.25. The number of aryl methyl sites for hydroxylation is 1. The summed E-state index contributed by atoms with van der Waals surface area (Å²) < 4.78 is 0. The lowest BCUT2D eigenvalue weighted by Gasteiger charge is -2.07. The van der Waals surface area contributed by atoms with Crippen molar-refractivity contribution in [3.63, 3.8) is 0 Å². The molecule has 0 aromatic heterocycles. The Morgan fingerprint density at radius 3 is 2.29 bits per heavy atom. The van der Waals surface area contributed by atoms with Crippen molar-refractivity contribution >= 4 is 0 Å². The highest BCUT2D eigenvalue weighted by Crippen LogP contribution is 2.23. The lowest BCUT2D eigenvalue weighted by Crippen LogP contribution is -1.91. The van der Waals surface area contributed by atoms with Gasteiger partial charge in [0.2, 0.25) is 0 Å². The molecule has 2 nitrogen and oxygen atoms in total. The van der Waals surface area contributed by atoms with Crippen molar-refractivity contribution in [3.05, 3.63) is 59.2 Å². The number of rotatable bonds is 3. The molecule has 0 saturated carbocycles. The molecule has 0 fully saturated rings. The fraction of sp³-hybridized carbons (Fsp3) is 0.200. The second-order valence-electron chi connectivity index (χ2n) is 4.12. The first-order valence-corrected chi connectivity index (χ1v) is 5.78. The van der Waals surface area contributed by atoms with Crippen LogP contribution in [0.1, 0.15) is 23.6 Å². The van der Waals surface area contributed by atoms with E-state index in [-0.39, 0.29) is 0 Å². The maximum absolute atomic E-state index is 9.70. The van der Waals surface area contributed by atoms with Crippen molar-refractivity contribution < 1.29 is 10.2 Å². The summed E-state index contributed by atoms with van der Waals surface area (Å²) in [6, 6.07) is 12.9. The molecule has 0 unspecified atom stereocenters. The Morgan fingerprint density at radius 2 is 1.59 bits per heavy atom. The summed E-state index contributed by atoms with van der Waals surface area (Å²) in [7, 11) is 0. The maximum atomic E-state index is 9.70. The van der Waals surface area contributed by atoms with Gasteiger partial charge in [0.1, 0.15) is 11.5 Å². The summed E-state index contributed by atoms with van der Waals surface area (Å²) in [5.74, 6) is 0.659. The molecule has 0 spiro atoms. The molecular formula is C15H16O2. The van der Waals surface area contributed by atoms with Crippen LogP contribution in [0.4, 0.5) is 0 Å². The third-order valence-corrected chi connectivity index (χ3v) is 2.91. The highest BCUT2D eigenvalue weighted by molar-refractivity contribution is 5.41. The average molecular weight is 228 g/mol. The zero-order valence-electron chi connectivity index (χ0n) is 9.85. The molecular weight excluding hydrogens is 212 g/mol. The summed E-state index contributed by atoms with van der Waals surface area (Å²) >= 11 is 0. The molecule has 2 N–H and O–H groups in total. The maximum Gasteiger partial charge on any atom is 0.119 e. The molecule has 0 atom stereocenters. The van der Waals surface area contributed by atoms with E-state index < -0.39 is 0 Å². The molecule has 17 heavy (non-hydrogen) atoms. The molecule has 2 rings (SSSR count). The lowest BCUT2D eigenvalue weighted by molar-refractivity contribution is 0.468. The monoisotopic (exact) mass is 228 g/mol. The molecule has 0 aliphatic carbocycles. The summed E-state index contributed by atoms with van der Waals surface area (Å²) in [4.78, 5) is 0. The van der Waals surface area contributed by atoms with Gasteiger partial charge in [-0.3, -0.25) is 0 Å². The van der Waals surface area contributed by atoms with Crippen LogP contribution in [0, 0.1) is 0 Å². The summed E-state index contributed by atoms with van der Waals surface area (Å²) in [5.41, 5.74) is 2.94. The van der Waals surface area contributed by atoms with E-state index in [1.54, 1.807) is 12.1 Å². The summed E-state index contributed by atoms with van der Waals surface area (Å²) in [6.45, 7) is 2.01. The molecule has 0 saturated heterocycles. The van der Waals surface area contributed by atoms with Gasteiger partial charge in [0.15, 0.2) is 0 Å². The molecule has 0 amide bonds. The van der Waals surface area contributed by atoms with Gasteiger partial charge in [-0.25, -0.2) is 0 Å². The van der Waals surface area contributed by atoms with E-state index in [0.29, 0.717) is 17.9 Å². The van der Waals surface area contributed by atoms with Crippen molar-refractivity contribution in [1.82, 2.24) is 0 Å². The normalized spacial score (nSPS) is 10.4. The molecule has 0 radical (unpaired) electrons. The molecule has 0 heterocycles. The van der Waals surface area contributed by atoms with Crippen LogP contribution in [0.3, 0.4) is 0 Å². The first-order valence-electron chi connectivity index (χ1n) is 5.78. The zero-order valence-corrected chi connectivity index (χ0v) is 9.85. The van der Waals surface area contributed by atoms with Crippen LogP contribution in [0.2, 0.25) is 0 Å². The number of aromatic hydroxyl groups is 2. The number of phenols is 2. The molecule has 2 aromatic rings. The third-order valence-electron chi connectivity index (χ3n) is 2.91. The number of hydrogen-bond acceptors (Lipinski definition) is 2. The van der Waals surface area contributed by atoms with Crippen molar-refractivity contribution in [2.24, 2.45) is 0 Å². The fourth-order valence-electron chi connectivity index (χ4n) is 1.91. The van der Waals surface area contributed by atoms with Crippen molar-refractivity contribution in [2.75, 3.05) is 0 Å². The van der Waals surface area contributed by atoms with Crippen LogP contribution in [0.25, 0.3) is 0 Å². The van der Waals surface area contributed by atoms with E-state index in [1.807, 2.05) is 37.3 Å². The highest BCUT2D eigenvalue weighted by Gasteiger charge is 2.04. The number of hydrogen-bond donors (Lipinski definition) is 2. The minimum atomic E-state index is 0.318. The molecule has 2 aromatic carbocycles. The molecule has 2 heteroatoms. The Hall–Kier alpha value is -1.96. The standard InChI is InChI=1S/C15H16O2/c1-2-12-9-11(7-8-15(12)17)10-13-5-3-4-6-14(13)16/h3-9,16-17H,2,10H2,1H3. The Morgan fingerprint density at radius 1 is 0.882 bits per heavy atom. The lowest BCUT2D eigenvalue weighted by atomic mass is 10.0. The Kier molecular flexibility index (Phi) is 3.33. The van der Waals surface area contributed by atoms with Gasteiger partial charge in [0, 0.05) is 6.42 Å². The van der Waals surface area contributed by atoms with E-state index in [0.717, 1.165) is 23.1 Å². The van der Waals surface area contributed by atoms with Gasteiger partial charge in [-0.15, -0.1) is 0 Å². The van der Waals surface area contributed by atoms with E-state index >= 15 is 0 Å². The molecule has 0 bridgehead atoms. The average Bonchev–Trinajstić information content (AvgIpc) is 2.34. The molecule has 0 aliphatic rings. The zero-order chi connectivity index (χ0) is 12.3. The topological polar surface area (TPSA) is 40.5 Å². The first kappa shape index (κ1) is 11.5. The van der Waals surface area contributed by atoms with E-state index in [2.05, 4.69) is 0 Å². The third kappa shape index (κ3) is 2.59. The summed E-state index contributed by atoms with van der Waals surface area (Å²) in [6.07, 6.45) is 1.49. The van der Waals surface area contributed by atoms with Crippen LogP contribution < -0.4 is 0 Å². The van der Waals surface area contributed by atoms with Crippen LogP contribution in [-0.4, -0.2) is 10.2 Å². The largest absolute Gasteiger partial charge is 0.508 e. The van der Waals surface area contributed by atoms with Gasteiger partial charge in [0.05, 0.1) is 0 Å².